The van der Waals surface area contributed by atoms with Crippen LogP contribution in [0.15, 0.2) is 52.5 Å². The van der Waals surface area contributed by atoms with E-state index in [-0.39, 0.29) is 0 Å². The zero-order chi connectivity index (χ0) is 13.1. The third kappa shape index (κ3) is 2.66. The SMILES string of the molecule is Cc1ccc(S(=O)c2cnccc2[C@@H](C)O)cc1. The molecule has 2 rings (SSSR count). The second kappa shape index (κ2) is 5.42. The number of aromatic nitrogens is 1. The molecule has 1 aromatic carbocycles. The molecule has 0 fully saturated rings. The summed E-state index contributed by atoms with van der Waals surface area (Å²) in [7, 11) is -1.31. The topological polar surface area (TPSA) is 50.2 Å². The molecule has 0 aliphatic rings. The van der Waals surface area contributed by atoms with Gasteiger partial charge in [0.25, 0.3) is 0 Å². The lowest BCUT2D eigenvalue weighted by Crippen LogP contribution is -2.02. The van der Waals surface area contributed by atoms with Gasteiger partial charge in [-0.05, 0) is 37.6 Å². The predicted molar refractivity (Wildman–Crippen MR) is 70.7 cm³/mol. The highest BCUT2D eigenvalue weighted by molar-refractivity contribution is 7.85. The first-order valence-electron chi connectivity index (χ1n) is 5.70. The van der Waals surface area contributed by atoms with E-state index in [0.29, 0.717) is 10.5 Å². The van der Waals surface area contributed by atoms with E-state index in [4.69, 9.17) is 0 Å². The van der Waals surface area contributed by atoms with Crippen LogP contribution in [0.25, 0.3) is 0 Å². The van der Waals surface area contributed by atoms with Crippen LogP contribution in [0, 0.1) is 6.92 Å². The van der Waals surface area contributed by atoms with Crippen molar-refractivity contribution in [3.63, 3.8) is 0 Å². The van der Waals surface area contributed by atoms with Crippen molar-refractivity contribution in [3.05, 3.63) is 53.9 Å². The van der Waals surface area contributed by atoms with Gasteiger partial charge in [0.15, 0.2) is 0 Å². The van der Waals surface area contributed by atoms with E-state index in [9.17, 15) is 9.32 Å². The second-order valence-corrected chi connectivity index (χ2v) is 5.62. The van der Waals surface area contributed by atoms with E-state index in [1.165, 1.54) is 0 Å². The van der Waals surface area contributed by atoms with Crippen LogP contribution in [0.4, 0.5) is 0 Å². The van der Waals surface area contributed by atoms with Gasteiger partial charge in [-0.15, -0.1) is 0 Å². The van der Waals surface area contributed by atoms with Gasteiger partial charge in [-0.2, -0.15) is 0 Å². The summed E-state index contributed by atoms with van der Waals surface area (Å²) in [6.07, 6.45) is 2.49. The Balaban J connectivity index is 2.43. The monoisotopic (exact) mass is 261 g/mol. The van der Waals surface area contributed by atoms with Crippen LogP contribution in [0.2, 0.25) is 0 Å². The Hall–Kier alpha value is -1.52. The molecule has 0 aliphatic heterocycles. The molecule has 94 valence electrons. The Bertz CT molecular complexity index is 564. The third-order valence-corrected chi connectivity index (χ3v) is 4.14. The fourth-order valence-corrected chi connectivity index (χ4v) is 2.93. The standard InChI is InChI=1S/C14H15NO2S/c1-10-3-5-12(6-4-10)18(17)14-9-15-8-7-13(14)11(2)16/h3-9,11,16H,1-2H3/t11-,18?/m1/s1. The fraction of sp³-hybridized carbons (Fsp3) is 0.214. The zero-order valence-corrected chi connectivity index (χ0v) is 11.1. The van der Waals surface area contributed by atoms with Crippen LogP contribution in [0.5, 0.6) is 0 Å². The van der Waals surface area contributed by atoms with Crippen LogP contribution in [-0.2, 0) is 10.8 Å². The van der Waals surface area contributed by atoms with Gasteiger partial charge in [-0.25, -0.2) is 4.21 Å². The molecular formula is C14H15NO2S. The fourth-order valence-electron chi connectivity index (χ4n) is 1.68. The van der Waals surface area contributed by atoms with Crippen molar-refractivity contribution < 1.29 is 9.32 Å². The van der Waals surface area contributed by atoms with E-state index >= 15 is 0 Å². The van der Waals surface area contributed by atoms with Gasteiger partial charge in [-0.3, -0.25) is 4.98 Å². The van der Waals surface area contributed by atoms with E-state index in [1.807, 2.05) is 31.2 Å². The molecule has 1 N–H and O–H groups in total. The Morgan fingerprint density at radius 2 is 1.89 bits per heavy atom. The molecule has 1 aromatic heterocycles. The minimum Gasteiger partial charge on any atom is -0.389 e. The molecule has 2 aromatic rings. The lowest BCUT2D eigenvalue weighted by atomic mass is 10.2. The number of aliphatic hydroxyl groups is 1. The molecule has 3 nitrogen and oxygen atoms in total. The summed E-state index contributed by atoms with van der Waals surface area (Å²) in [6, 6.07) is 9.22. The van der Waals surface area contributed by atoms with E-state index in [0.717, 1.165) is 10.5 Å². The largest absolute Gasteiger partial charge is 0.389 e. The molecule has 0 amide bonds. The Kier molecular flexibility index (Phi) is 3.89. The maximum atomic E-state index is 12.4. The molecule has 0 aliphatic carbocycles. The van der Waals surface area contributed by atoms with Gasteiger partial charge >= 0.3 is 0 Å². The van der Waals surface area contributed by atoms with Crippen LogP contribution in [0.3, 0.4) is 0 Å². The highest BCUT2D eigenvalue weighted by Gasteiger charge is 2.15. The summed E-state index contributed by atoms with van der Waals surface area (Å²) in [5, 5.41) is 9.68. The van der Waals surface area contributed by atoms with Gasteiger partial charge in [0.2, 0.25) is 0 Å². The molecule has 0 saturated heterocycles. The van der Waals surface area contributed by atoms with Gasteiger partial charge in [0.1, 0.15) is 0 Å². The lowest BCUT2D eigenvalue weighted by molar-refractivity contribution is 0.196. The molecule has 0 saturated carbocycles. The van der Waals surface area contributed by atoms with Crippen LogP contribution in [0.1, 0.15) is 24.2 Å². The lowest BCUT2D eigenvalue weighted by Gasteiger charge is -2.10. The van der Waals surface area contributed by atoms with Crippen molar-refractivity contribution in [3.8, 4) is 0 Å². The maximum Gasteiger partial charge on any atom is 0.0869 e. The third-order valence-electron chi connectivity index (χ3n) is 2.70. The quantitative estimate of drug-likeness (QED) is 0.924. The van der Waals surface area contributed by atoms with Gasteiger partial charge in [0, 0.05) is 17.3 Å². The van der Waals surface area contributed by atoms with E-state index < -0.39 is 16.9 Å². The number of aryl methyl sites for hydroxylation is 1. The average molecular weight is 261 g/mol. The van der Waals surface area contributed by atoms with Gasteiger partial charge in [-0.1, -0.05) is 17.7 Å². The van der Waals surface area contributed by atoms with E-state index in [2.05, 4.69) is 4.98 Å². The highest BCUT2D eigenvalue weighted by Crippen LogP contribution is 2.24. The minimum absolute atomic E-state index is 0.566. The number of hydrogen-bond acceptors (Lipinski definition) is 3. The van der Waals surface area contributed by atoms with Crippen molar-refractivity contribution >= 4 is 10.8 Å². The number of aliphatic hydroxyl groups excluding tert-OH is 1. The molecule has 0 spiro atoms. The van der Waals surface area contributed by atoms with Crippen LogP contribution < -0.4 is 0 Å². The van der Waals surface area contributed by atoms with Crippen LogP contribution >= 0.6 is 0 Å². The molecule has 1 unspecified atom stereocenters. The average Bonchev–Trinajstić information content (AvgIpc) is 2.39. The summed E-state index contributed by atoms with van der Waals surface area (Å²) < 4.78 is 12.4. The summed E-state index contributed by atoms with van der Waals surface area (Å²) >= 11 is 0. The first-order valence-corrected chi connectivity index (χ1v) is 6.85. The second-order valence-electron chi connectivity index (χ2n) is 4.17. The Morgan fingerprint density at radius 3 is 2.50 bits per heavy atom. The summed E-state index contributed by atoms with van der Waals surface area (Å²) in [5.41, 5.74) is 1.78. The maximum absolute atomic E-state index is 12.4. The summed E-state index contributed by atoms with van der Waals surface area (Å²) in [6.45, 7) is 3.64. The summed E-state index contributed by atoms with van der Waals surface area (Å²) in [5.74, 6) is 0. The van der Waals surface area contributed by atoms with Crippen molar-refractivity contribution in [1.82, 2.24) is 4.98 Å². The van der Waals surface area contributed by atoms with Gasteiger partial charge in [0.05, 0.1) is 21.8 Å². The zero-order valence-electron chi connectivity index (χ0n) is 10.3. The number of pyridine rings is 1. The first kappa shape index (κ1) is 12.9. The highest BCUT2D eigenvalue weighted by atomic mass is 32.2. The minimum atomic E-state index is -1.31. The molecule has 0 radical (unpaired) electrons. The molecule has 2 atom stereocenters. The number of benzene rings is 1. The van der Waals surface area contributed by atoms with Crippen molar-refractivity contribution in [2.75, 3.05) is 0 Å². The Labute approximate surface area is 109 Å². The molecule has 4 heteroatoms. The van der Waals surface area contributed by atoms with Crippen molar-refractivity contribution in [2.45, 2.75) is 29.7 Å². The first-order chi connectivity index (χ1) is 8.59. The molecule has 0 bridgehead atoms. The predicted octanol–water partition coefficient (Wildman–Crippen LogP) is 2.61. The smallest absolute Gasteiger partial charge is 0.0869 e. The van der Waals surface area contributed by atoms with Gasteiger partial charge < -0.3 is 5.11 Å². The van der Waals surface area contributed by atoms with Crippen LogP contribution in [-0.4, -0.2) is 14.3 Å². The molecular weight excluding hydrogens is 246 g/mol. The van der Waals surface area contributed by atoms with Crippen molar-refractivity contribution in [1.29, 1.82) is 0 Å². The number of nitrogens with zero attached hydrogens (tertiary/aromatic N) is 1. The molecule has 18 heavy (non-hydrogen) atoms. The Morgan fingerprint density at radius 1 is 1.22 bits per heavy atom. The molecule has 1 heterocycles. The van der Waals surface area contributed by atoms with E-state index in [1.54, 1.807) is 25.4 Å². The number of hydrogen-bond donors (Lipinski definition) is 1. The normalized spacial score (nSPS) is 14.2. The van der Waals surface area contributed by atoms with Crippen molar-refractivity contribution in [2.24, 2.45) is 0 Å². The summed E-state index contributed by atoms with van der Waals surface area (Å²) in [4.78, 5) is 5.27. The number of rotatable bonds is 3.